The van der Waals surface area contributed by atoms with Crippen LogP contribution in [0.15, 0.2) is 69.3 Å². The summed E-state index contributed by atoms with van der Waals surface area (Å²) in [4.78, 5) is 25.7. The molecule has 0 saturated heterocycles. The maximum Gasteiger partial charge on any atom is 0.341 e. The molecular formula is C18H15NO4S. The van der Waals surface area contributed by atoms with Gasteiger partial charge in [-0.2, -0.15) is 0 Å². The standard InChI is InChI=1S/C18H15NO4S/c20-9-8-19-11-15(18(22)23)17(21)14-10-13(6-7-16(14)19)24-12-4-2-1-3-5-12/h1-7,10-11,20H,8-9H2,(H,22,23). The maximum absolute atomic E-state index is 12.5. The van der Waals surface area contributed by atoms with E-state index in [1.54, 1.807) is 16.7 Å². The summed E-state index contributed by atoms with van der Waals surface area (Å²) >= 11 is 1.50. The third kappa shape index (κ3) is 3.20. The number of hydrogen-bond donors (Lipinski definition) is 2. The van der Waals surface area contributed by atoms with Gasteiger partial charge in [0.25, 0.3) is 0 Å². The molecule has 0 aliphatic carbocycles. The van der Waals surface area contributed by atoms with Crippen molar-refractivity contribution in [1.82, 2.24) is 4.57 Å². The lowest BCUT2D eigenvalue weighted by Crippen LogP contribution is -2.19. The van der Waals surface area contributed by atoms with Crippen LogP contribution in [0.1, 0.15) is 10.4 Å². The molecule has 3 rings (SSSR count). The minimum Gasteiger partial charge on any atom is -0.477 e. The van der Waals surface area contributed by atoms with Crippen LogP contribution in [0.4, 0.5) is 0 Å². The van der Waals surface area contributed by atoms with Crippen molar-refractivity contribution in [3.05, 3.63) is 70.5 Å². The number of aromatic carboxylic acids is 1. The Balaban J connectivity index is 2.15. The van der Waals surface area contributed by atoms with Gasteiger partial charge in [-0.3, -0.25) is 4.79 Å². The predicted octanol–water partition coefficient (Wildman–Crippen LogP) is 2.84. The van der Waals surface area contributed by atoms with Crippen molar-refractivity contribution in [2.24, 2.45) is 0 Å². The number of hydrogen-bond acceptors (Lipinski definition) is 4. The van der Waals surface area contributed by atoms with Gasteiger partial charge in [-0.25, -0.2) is 4.79 Å². The number of carbonyl (C=O) groups is 1. The van der Waals surface area contributed by atoms with Gasteiger partial charge in [0.1, 0.15) is 5.56 Å². The molecule has 0 radical (unpaired) electrons. The lowest BCUT2D eigenvalue weighted by Gasteiger charge is -2.12. The van der Waals surface area contributed by atoms with Gasteiger partial charge >= 0.3 is 5.97 Å². The number of aliphatic hydroxyl groups excluding tert-OH is 1. The topological polar surface area (TPSA) is 79.5 Å². The minimum absolute atomic E-state index is 0.141. The third-order valence-electron chi connectivity index (χ3n) is 3.60. The first-order chi connectivity index (χ1) is 11.6. The molecule has 0 bridgehead atoms. The molecule has 1 heterocycles. The van der Waals surface area contributed by atoms with Gasteiger partial charge in [0.2, 0.25) is 5.43 Å². The number of nitrogens with zero attached hydrogens (tertiary/aromatic N) is 1. The summed E-state index contributed by atoms with van der Waals surface area (Å²) in [6.45, 7) is 0.0831. The second kappa shape index (κ2) is 6.90. The Labute approximate surface area is 142 Å². The summed E-state index contributed by atoms with van der Waals surface area (Å²) in [6, 6.07) is 15.1. The molecule has 0 spiro atoms. The van der Waals surface area contributed by atoms with Crippen LogP contribution in [-0.2, 0) is 6.54 Å². The molecule has 5 nitrogen and oxygen atoms in total. The monoisotopic (exact) mass is 341 g/mol. The van der Waals surface area contributed by atoms with Crippen LogP contribution in [0, 0.1) is 0 Å². The first-order valence-corrected chi connectivity index (χ1v) is 8.16. The largest absolute Gasteiger partial charge is 0.477 e. The highest BCUT2D eigenvalue weighted by molar-refractivity contribution is 7.99. The van der Waals surface area contributed by atoms with Crippen LogP contribution in [0.2, 0.25) is 0 Å². The average Bonchev–Trinajstić information content (AvgIpc) is 2.58. The molecule has 0 saturated carbocycles. The first-order valence-electron chi connectivity index (χ1n) is 7.34. The molecule has 2 N–H and O–H groups in total. The smallest absolute Gasteiger partial charge is 0.341 e. The van der Waals surface area contributed by atoms with Gasteiger partial charge in [-0.1, -0.05) is 30.0 Å². The summed E-state index contributed by atoms with van der Waals surface area (Å²) in [5.41, 5.74) is -0.198. The van der Waals surface area contributed by atoms with E-state index in [2.05, 4.69) is 0 Å². The number of rotatable bonds is 5. The zero-order chi connectivity index (χ0) is 17.1. The number of aromatic nitrogens is 1. The maximum atomic E-state index is 12.5. The van der Waals surface area contributed by atoms with Gasteiger partial charge in [-0.05, 0) is 30.3 Å². The van der Waals surface area contributed by atoms with E-state index in [-0.39, 0.29) is 18.7 Å². The third-order valence-corrected chi connectivity index (χ3v) is 4.60. The Morgan fingerprint density at radius 3 is 2.50 bits per heavy atom. The zero-order valence-corrected chi connectivity index (χ0v) is 13.5. The Bertz CT molecular complexity index is 950. The molecule has 0 aliphatic heterocycles. The fraction of sp³-hybridized carbons (Fsp3) is 0.111. The molecule has 0 aliphatic rings. The zero-order valence-electron chi connectivity index (χ0n) is 12.7. The van der Waals surface area contributed by atoms with Crippen molar-refractivity contribution < 1.29 is 15.0 Å². The van der Waals surface area contributed by atoms with Crippen molar-refractivity contribution in [1.29, 1.82) is 0 Å². The Kier molecular flexibility index (Phi) is 4.69. The van der Waals surface area contributed by atoms with E-state index in [1.807, 2.05) is 36.4 Å². The number of carboxylic acids is 1. The fourth-order valence-electron chi connectivity index (χ4n) is 2.51. The number of aliphatic hydroxyl groups is 1. The second-order valence-electron chi connectivity index (χ2n) is 5.19. The van der Waals surface area contributed by atoms with Crippen molar-refractivity contribution in [3.63, 3.8) is 0 Å². The average molecular weight is 341 g/mol. The number of fused-ring (bicyclic) bond motifs is 1. The highest BCUT2D eigenvalue weighted by Gasteiger charge is 2.15. The van der Waals surface area contributed by atoms with Crippen LogP contribution in [0.3, 0.4) is 0 Å². The molecule has 2 aromatic carbocycles. The van der Waals surface area contributed by atoms with Gasteiger partial charge < -0.3 is 14.8 Å². The summed E-state index contributed by atoms with van der Waals surface area (Å²) in [5.74, 6) is -1.27. The summed E-state index contributed by atoms with van der Waals surface area (Å²) in [7, 11) is 0. The summed E-state index contributed by atoms with van der Waals surface area (Å²) in [5, 5.41) is 18.8. The fourth-order valence-corrected chi connectivity index (χ4v) is 3.39. The van der Waals surface area contributed by atoms with E-state index in [4.69, 9.17) is 0 Å². The van der Waals surface area contributed by atoms with E-state index >= 15 is 0 Å². The van der Waals surface area contributed by atoms with Crippen molar-refractivity contribution in [2.45, 2.75) is 16.3 Å². The van der Waals surface area contributed by atoms with Crippen molar-refractivity contribution >= 4 is 28.6 Å². The van der Waals surface area contributed by atoms with Gasteiger partial charge in [-0.15, -0.1) is 0 Å². The van der Waals surface area contributed by atoms with Crippen molar-refractivity contribution in [3.8, 4) is 0 Å². The van der Waals surface area contributed by atoms with E-state index in [0.29, 0.717) is 10.9 Å². The van der Waals surface area contributed by atoms with E-state index in [1.165, 1.54) is 18.0 Å². The van der Waals surface area contributed by atoms with Gasteiger partial charge in [0, 0.05) is 27.9 Å². The minimum atomic E-state index is -1.27. The molecule has 122 valence electrons. The lowest BCUT2D eigenvalue weighted by atomic mass is 10.1. The summed E-state index contributed by atoms with van der Waals surface area (Å²) < 4.78 is 1.59. The van der Waals surface area contributed by atoms with Crippen LogP contribution in [0.25, 0.3) is 10.9 Å². The number of carboxylic acid groups (broad SMARTS) is 1. The molecule has 6 heteroatoms. The molecule has 0 unspecified atom stereocenters. The molecule has 0 fully saturated rings. The highest BCUT2D eigenvalue weighted by Crippen LogP contribution is 2.29. The van der Waals surface area contributed by atoms with Crippen LogP contribution in [-0.4, -0.2) is 27.4 Å². The quantitative estimate of drug-likeness (QED) is 0.746. The molecular weight excluding hydrogens is 326 g/mol. The normalized spacial score (nSPS) is 10.9. The van der Waals surface area contributed by atoms with Crippen LogP contribution in [0.5, 0.6) is 0 Å². The van der Waals surface area contributed by atoms with Gasteiger partial charge in [0.15, 0.2) is 0 Å². The first kappa shape index (κ1) is 16.3. The molecule has 24 heavy (non-hydrogen) atoms. The Morgan fingerprint density at radius 2 is 1.83 bits per heavy atom. The Morgan fingerprint density at radius 1 is 1.08 bits per heavy atom. The Hall–Kier alpha value is -2.57. The SMILES string of the molecule is O=C(O)c1cn(CCO)c2ccc(Sc3ccccc3)cc2c1=O. The van der Waals surface area contributed by atoms with Crippen LogP contribution < -0.4 is 5.43 Å². The van der Waals surface area contributed by atoms with E-state index < -0.39 is 11.4 Å². The molecule has 3 aromatic rings. The van der Waals surface area contributed by atoms with Gasteiger partial charge in [0.05, 0.1) is 12.1 Å². The van der Waals surface area contributed by atoms with Crippen molar-refractivity contribution in [2.75, 3.05) is 6.61 Å². The summed E-state index contributed by atoms with van der Waals surface area (Å²) in [6.07, 6.45) is 1.28. The van der Waals surface area contributed by atoms with E-state index in [9.17, 15) is 19.8 Å². The van der Waals surface area contributed by atoms with Crippen LogP contribution >= 0.6 is 11.8 Å². The lowest BCUT2D eigenvalue weighted by molar-refractivity contribution is 0.0694. The van der Waals surface area contributed by atoms with E-state index in [0.717, 1.165) is 9.79 Å². The molecule has 0 atom stereocenters. The number of pyridine rings is 1. The highest BCUT2D eigenvalue weighted by atomic mass is 32.2. The second-order valence-corrected chi connectivity index (χ2v) is 6.34. The number of benzene rings is 2. The predicted molar refractivity (Wildman–Crippen MR) is 92.8 cm³/mol. The molecule has 0 amide bonds. The molecule has 1 aromatic heterocycles.